The molecule has 3 unspecified atom stereocenters. The molecule has 0 saturated carbocycles. The molecule has 2 aliphatic heterocycles. The number of nitrogens with two attached hydrogens (primary N) is 1. The number of allylic oxidation sites excluding steroid dienone is 1. The highest BCUT2D eigenvalue weighted by Crippen LogP contribution is 2.43. The number of oxime groups is 1. The summed E-state index contributed by atoms with van der Waals surface area (Å²) >= 11 is 3.76. The number of nitrogens with zero attached hydrogens (tertiary/aromatic N) is 4. The SMILES string of the molecule is Nc1nc(/C(=N\OC2C=CCC2)C(=O)NC2C(=O)N3C(C(=O)O)=C(S/C=C\c4cccnc4)CSC23)cs1. The lowest BCUT2D eigenvalue weighted by Crippen LogP contribution is -2.71. The lowest BCUT2D eigenvalue weighted by Gasteiger charge is -2.49. The Morgan fingerprint density at radius 2 is 2.26 bits per heavy atom. The fraction of sp³-hybridized carbons (Fsp3) is 0.250. The molecule has 2 aromatic rings. The quantitative estimate of drug-likeness (QED) is 0.177. The molecule has 1 fully saturated rings. The van der Waals surface area contributed by atoms with E-state index in [0.717, 1.165) is 29.7 Å². The number of carbonyl (C=O) groups is 3. The average molecular weight is 571 g/mol. The van der Waals surface area contributed by atoms with Crippen molar-refractivity contribution in [2.75, 3.05) is 11.5 Å². The Bertz CT molecular complexity index is 1370. The second-order valence-corrected chi connectivity index (χ2v) is 11.3. The number of nitrogen functional groups attached to an aromatic ring is 1. The zero-order valence-corrected chi connectivity index (χ0v) is 22.2. The Kier molecular flexibility index (Phi) is 7.81. The van der Waals surface area contributed by atoms with Crippen molar-refractivity contribution < 1.29 is 24.3 Å². The summed E-state index contributed by atoms with van der Waals surface area (Å²) in [5, 5.41) is 19.7. The van der Waals surface area contributed by atoms with Crippen LogP contribution in [0.4, 0.5) is 5.13 Å². The van der Waals surface area contributed by atoms with Gasteiger partial charge in [0.1, 0.15) is 28.9 Å². The van der Waals surface area contributed by atoms with Crippen LogP contribution in [0.3, 0.4) is 0 Å². The molecule has 5 rings (SSSR count). The van der Waals surface area contributed by atoms with Crippen LogP contribution in [0, 0.1) is 0 Å². The molecule has 1 aliphatic carbocycles. The first-order chi connectivity index (χ1) is 18.4. The molecule has 196 valence electrons. The number of aliphatic carboxylic acids is 1. The van der Waals surface area contributed by atoms with Crippen LogP contribution < -0.4 is 11.1 Å². The number of rotatable bonds is 9. The number of nitrogens with one attached hydrogen (secondary N) is 1. The Hall–Kier alpha value is -3.62. The van der Waals surface area contributed by atoms with E-state index in [2.05, 4.69) is 20.4 Å². The minimum atomic E-state index is -1.20. The number of anilines is 1. The van der Waals surface area contributed by atoms with Gasteiger partial charge in [0.15, 0.2) is 10.8 Å². The van der Waals surface area contributed by atoms with Gasteiger partial charge >= 0.3 is 5.97 Å². The lowest BCUT2D eigenvalue weighted by molar-refractivity contribution is -0.150. The van der Waals surface area contributed by atoms with Crippen LogP contribution in [0.15, 0.2) is 63.2 Å². The third-order valence-corrected chi connectivity index (χ3v) is 8.84. The third-order valence-electron chi connectivity index (χ3n) is 5.81. The number of carboxylic acids is 1. The minimum absolute atomic E-state index is 0.0809. The predicted octanol–water partition coefficient (Wildman–Crippen LogP) is 2.66. The summed E-state index contributed by atoms with van der Waals surface area (Å²) in [7, 11) is 0. The van der Waals surface area contributed by atoms with E-state index in [4.69, 9.17) is 10.6 Å². The number of hydrogen-bond donors (Lipinski definition) is 3. The van der Waals surface area contributed by atoms with E-state index >= 15 is 0 Å². The Morgan fingerprint density at radius 1 is 1.39 bits per heavy atom. The van der Waals surface area contributed by atoms with E-state index in [9.17, 15) is 19.5 Å². The monoisotopic (exact) mass is 570 g/mol. The predicted molar refractivity (Wildman–Crippen MR) is 147 cm³/mol. The Morgan fingerprint density at radius 3 is 2.95 bits per heavy atom. The molecule has 3 atom stereocenters. The summed E-state index contributed by atoms with van der Waals surface area (Å²) < 4.78 is 0. The van der Waals surface area contributed by atoms with E-state index < -0.39 is 29.2 Å². The van der Waals surface area contributed by atoms with Crippen molar-refractivity contribution in [3.05, 3.63) is 69.3 Å². The van der Waals surface area contributed by atoms with Gasteiger partial charge in [0.2, 0.25) is 0 Å². The molecule has 0 aromatic carbocycles. The number of β-lactam (4-membered cyclic amide) rings is 1. The molecule has 4 N–H and O–H groups in total. The number of aromatic nitrogens is 2. The molecule has 14 heteroatoms. The van der Waals surface area contributed by atoms with Gasteiger partial charge in [-0.25, -0.2) is 9.78 Å². The summed E-state index contributed by atoms with van der Waals surface area (Å²) in [5.74, 6) is -2.01. The van der Waals surface area contributed by atoms with Crippen LogP contribution in [0.25, 0.3) is 6.08 Å². The molecular formula is C24H22N6O5S3. The summed E-state index contributed by atoms with van der Waals surface area (Å²) in [6.45, 7) is 0. The van der Waals surface area contributed by atoms with Gasteiger partial charge in [-0.15, -0.1) is 23.1 Å². The Balaban J connectivity index is 1.30. The van der Waals surface area contributed by atoms with E-state index in [1.54, 1.807) is 29.2 Å². The number of fused-ring (bicyclic) bond motifs is 1. The number of carbonyl (C=O) groups excluding carboxylic acids is 2. The second-order valence-electron chi connectivity index (χ2n) is 8.31. The number of carboxylic acid groups (broad SMARTS) is 1. The van der Waals surface area contributed by atoms with Crippen molar-refractivity contribution in [2.45, 2.75) is 30.4 Å². The van der Waals surface area contributed by atoms with E-state index in [-0.39, 0.29) is 28.3 Å². The minimum Gasteiger partial charge on any atom is -0.477 e. The second kappa shape index (κ2) is 11.4. The van der Waals surface area contributed by atoms with Gasteiger partial charge in [-0.2, -0.15) is 0 Å². The molecule has 2 aromatic heterocycles. The highest BCUT2D eigenvalue weighted by Gasteiger charge is 2.54. The molecule has 4 heterocycles. The maximum absolute atomic E-state index is 13.2. The first-order valence-corrected chi connectivity index (χ1v) is 14.3. The molecule has 3 aliphatic rings. The van der Waals surface area contributed by atoms with Gasteiger partial charge in [0.05, 0.1) is 0 Å². The van der Waals surface area contributed by atoms with E-state index in [0.29, 0.717) is 10.7 Å². The van der Waals surface area contributed by atoms with Gasteiger partial charge in [0, 0.05) is 28.4 Å². The largest absolute Gasteiger partial charge is 0.477 e. The van der Waals surface area contributed by atoms with E-state index in [1.165, 1.54) is 28.4 Å². The molecule has 1 saturated heterocycles. The molecule has 0 spiro atoms. The van der Waals surface area contributed by atoms with Crippen LogP contribution in [0.5, 0.6) is 0 Å². The van der Waals surface area contributed by atoms with Crippen LogP contribution in [-0.2, 0) is 19.2 Å². The molecule has 0 radical (unpaired) electrons. The van der Waals surface area contributed by atoms with Crippen LogP contribution in [0.2, 0.25) is 0 Å². The maximum Gasteiger partial charge on any atom is 0.353 e. The normalized spacial score (nSPS) is 22.9. The van der Waals surface area contributed by atoms with Crippen molar-refractivity contribution in [1.29, 1.82) is 0 Å². The van der Waals surface area contributed by atoms with Crippen molar-refractivity contribution in [2.24, 2.45) is 5.16 Å². The highest BCUT2D eigenvalue weighted by molar-refractivity contribution is 8.08. The summed E-state index contributed by atoms with van der Waals surface area (Å²) in [6.07, 6.45) is 10.4. The molecule has 11 nitrogen and oxygen atoms in total. The molecule has 0 bridgehead atoms. The first-order valence-electron chi connectivity index (χ1n) is 11.5. The smallest absolute Gasteiger partial charge is 0.353 e. The van der Waals surface area contributed by atoms with Gasteiger partial charge in [-0.3, -0.25) is 19.5 Å². The molecule has 2 amide bonds. The van der Waals surface area contributed by atoms with Gasteiger partial charge < -0.3 is 21.0 Å². The fourth-order valence-electron chi connectivity index (χ4n) is 3.97. The summed E-state index contributed by atoms with van der Waals surface area (Å²) in [4.78, 5) is 53.8. The van der Waals surface area contributed by atoms with Crippen molar-refractivity contribution in [1.82, 2.24) is 20.2 Å². The summed E-state index contributed by atoms with van der Waals surface area (Å²) in [6, 6.07) is 2.76. The number of hydrogen-bond acceptors (Lipinski definition) is 11. The maximum atomic E-state index is 13.2. The zero-order chi connectivity index (χ0) is 26.6. The van der Waals surface area contributed by atoms with Crippen LogP contribution in [0.1, 0.15) is 24.1 Å². The third kappa shape index (κ3) is 5.47. The van der Waals surface area contributed by atoms with Crippen LogP contribution in [-0.4, -0.2) is 66.7 Å². The fourth-order valence-corrected chi connectivity index (χ4v) is 6.88. The van der Waals surface area contributed by atoms with Gasteiger partial charge in [-0.05, 0) is 42.0 Å². The highest BCUT2D eigenvalue weighted by atomic mass is 32.2. The van der Waals surface area contributed by atoms with Gasteiger partial charge in [0.25, 0.3) is 11.8 Å². The standard InChI is InChI=1S/C24H22N6O5S3/c25-24-27-15(11-38-24)17(29-35-14-5-1-2-6-14)20(31)28-18-21(32)30-19(23(33)34)16(12-37-22(18)30)36-9-7-13-4-3-8-26-10-13/h1,3-5,7-11,14,18,22H,2,6,12H2,(H2,25,27)(H,28,31)(H,33,34)/b9-7-,29-17+. The van der Waals surface area contributed by atoms with Crippen LogP contribution >= 0.6 is 34.9 Å². The lowest BCUT2D eigenvalue weighted by atomic mass is 10.0. The first kappa shape index (κ1) is 26.0. The average Bonchev–Trinajstić information content (AvgIpc) is 3.59. The van der Waals surface area contributed by atoms with Crippen molar-refractivity contribution in [3.63, 3.8) is 0 Å². The number of thioether (sulfide) groups is 2. The molecular weight excluding hydrogens is 549 g/mol. The van der Waals surface area contributed by atoms with E-state index in [1.807, 2.05) is 24.3 Å². The zero-order valence-electron chi connectivity index (χ0n) is 19.7. The Labute approximate surface area is 229 Å². The number of thiazole rings is 1. The molecule has 38 heavy (non-hydrogen) atoms. The van der Waals surface area contributed by atoms with Gasteiger partial charge in [-0.1, -0.05) is 29.1 Å². The van der Waals surface area contributed by atoms with Crippen molar-refractivity contribution >= 4 is 69.6 Å². The number of amides is 2. The van der Waals surface area contributed by atoms with Crippen molar-refractivity contribution in [3.8, 4) is 0 Å². The summed E-state index contributed by atoms with van der Waals surface area (Å²) in [5.41, 5.74) is 6.66. The topological polar surface area (TPSA) is 160 Å². The number of pyridine rings is 1.